The molecule has 0 aliphatic heterocycles. The van der Waals surface area contributed by atoms with Gasteiger partial charge in [-0.2, -0.15) is 4.98 Å². The van der Waals surface area contributed by atoms with Gasteiger partial charge in [0.05, 0.1) is 10.6 Å². The summed E-state index contributed by atoms with van der Waals surface area (Å²) in [5, 5.41) is 5.11. The zero-order valence-corrected chi connectivity index (χ0v) is 9.84. The summed E-state index contributed by atoms with van der Waals surface area (Å²) in [6, 6.07) is 0. The van der Waals surface area contributed by atoms with Crippen LogP contribution in [-0.4, -0.2) is 14.8 Å². The average Bonchev–Trinajstić information content (AvgIpc) is 2.83. The van der Waals surface area contributed by atoms with Crippen molar-refractivity contribution in [2.75, 3.05) is 11.5 Å². The number of anilines is 2. The molecule has 0 fully saturated rings. The number of aromatic nitrogens is 3. The first-order chi connectivity index (χ1) is 7.66. The van der Waals surface area contributed by atoms with Gasteiger partial charge in [0.2, 0.25) is 5.95 Å². The molecule has 2 heterocycles. The van der Waals surface area contributed by atoms with Gasteiger partial charge in [0.1, 0.15) is 0 Å². The number of hydrogen-bond acceptors (Lipinski definition) is 5. The van der Waals surface area contributed by atoms with E-state index in [0.29, 0.717) is 11.8 Å². The van der Waals surface area contributed by atoms with E-state index in [-0.39, 0.29) is 0 Å². The molecule has 0 radical (unpaired) electrons. The molecular weight excluding hydrogens is 222 g/mol. The molecule has 0 saturated heterocycles. The van der Waals surface area contributed by atoms with E-state index in [2.05, 4.69) is 10.1 Å². The van der Waals surface area contributed by atoms with Crippen LogP contribution in [0.25, 0.3) is 11.4 Å². The van der Waals surface area contributed by atoms with Gasteiger partial charge in [-0.25, -0.2) is 4.68 Å². The highest BCUT2D eigenvalue weighted by molar-refractivity contribution is 7.16. The van der Waals surface area contributed by atoms with Gasteiger partial charge in [0.15, 0.2) is 5.82 Å². The summed E-state index contributed by atoms with van der Waals surface area (Å²) in [4.78, 5) is 5.63. The molecule has 0 aromatic carbocycles. The van der Waals surface area contributed by atoms with Crippen LogP contribution >= 0.6 is 11.3 Å². The second kappa shape index (κ2) is 3.21. The molecule has 0 bridgehead atoms. The average molecular weight is 235 g/mol. The first-order valence-electron chi connectivity index (χ1n) is 5.23. The van der Waals surface area contributed by atoms with E-state index in [1.165, 1.54) is 16.9 Å². The SMILES string of the molecule is Cn1nc(-c2c(N)sc3c2CCC3)nc1N. The fourth-order valence-corrected chi connectivity index (χ4v) is 3.33. The van der Waals surface area contributed by atoms with Crippen LogP contribution in [0.1, 0.15) is 16.9 Å². The van der Waals surface area contributed by atoms with Gasteiger partial charge < -0.3 is 11.5 Å². The van der Waals surface area contributed by atoms with Crippen molar-refractivity contribution < 1.29 is 0 Å². The Bertz CT molecular complexity index is 534. The van der Waals surface area contributed by atoms with Crippen molar-refractivity contribution in [3.63, 3.8) is 0 Å². The lowest BCUT2D eigenvalue weighted by Gasteiger charge is -1.97. The van der Waals surface area contributed by atoms with Gasteiger partial charge in [-0.3, -0.25) is 0 Å². The van der Waals surface area contributed by atoms with Crippen molar-refractivity contribution in [3.8, 4) is 11.4 Å². The number of aryl methyl sites for hydroxylation is 2. The van der Waals surface area contributed by atoms with E-state index < -0.39 is 0 Å². The van der Waals surface area contributed by atoms with E-state index in [0.717, 1.165) is 23.4 Å². The van der Waals surface area contributed by atoms with Crippen molar-refractivity contribution in [3.05, 3.63) is 10.4 Å². The summed E-state index contributed by atoms with van der Waals surface area (Å²) in [6.07, 6.45) is 3.42. The minimum Gasteiger partial charge on any atom is -0.390 e. The molecule has 16 heavy (non-hydrogen) atoms. The molecular formula is C10H13N5S. The monoisotopic (exact) mass is 235 g/mol. The summed E-state index contributed by atoms with van der Waals surface area (Å²) in [6.45, 7) is 0. The number of nitrogens with two attached hydrogens (primary N) is 2. The van der Waals surface area contributed by atoms with Gasteiger partial charge in [-0.1, -0.05) is 0 Å². The molecule has 4 N–H and O–H groups in total. The van der Waals surface area contributed by atoms with Crippen molar-refractivity contribution in [1.82, 2.24) is 14.8 Å². The minimum absolute atomic E-state index is 0.423. The first kappa shape index (κ1) is 9.65. The van der Waals surface area contributed by atoms with Gasteiger partial charge >= 0.3 is 0 Å². The molecule has 0 amide bonds. The van der Waals surface area contributed by atoms with Crippen molar-refractivity contribution in [2.24, 2.45) is 7.05 Å². The Labute approximate surface area is 97.1 Å². The highest BCUT2D eigenvalue weighted by Crippen LogP contribution is 2.42. The van der Waals surface area contributed by atoms with Gasteiger partial charge in [0.25, 0.3) is 0 Å². The molecule has 1 aliphatic rings. The molecule has 0 atom stereocenters. The predicted octanol–water partition coefficient (Wildman–Crippen LogP) is 1.20. The lowest BCUT2D eigenvalue weighted by molar-refractivity contribution is 0.780. The summed E-state index contributed by atoms with van der Waals surface area (Å²) in [7, 11) is 1.79. The molecule has 2 aromatic rings. The van der Waals surface area contributed by atoms with E-state index in [1.807, 2.05) is 0 Å². The third-order valence-corrected chi connectivity index (χ3v) is 4.09. The predicted molar refractivity (Wildman–Crippen MR) is 65.2 cm³/mol. The molecule has 0 saturated carbocycles. The Hall–Kier alpha value is -1.56. The number of nitrogen functional groups attached to an aromatic ring is 2. The minimum atomic E-state index is 0.423. The maximum atomic E-state index is 6.03. The van der Waals surface area contributed by atoms with E-state index in [1.54, 1.807) is 23.1 Å². The number of rotatable bonds is 1. The Balaban J connectivity index is 2.19. The van der Waals surface area contributed by atoms with Crippen LogP contribution in [0, 0.1) is 0 Å². The first-order valence-corrected chi connectivity index (χ1v) is 6.05. The second-order valence-corrected chi connectivity index (χ2v) is 5.15. The molecule has 0 unspecified atom stereocenters. The number of thiophene rings is 1. The molecule has 84 valence electrons. The van der Waals surface area contributed by atoms with Crippen LogP contribution in [0.4, 0.5) is 10.9 Å². The van der Waals surface area contributed by atoms with Crippen LogP contribution in [-0.2, 0) is 19.9 Å². The largest absolute Gasteiger partial charge is 0.390 e. The number of hydrogen-bond donors (Lipinski definition) is 2. The second-order valence-electron chi connectivity index (χ2n) is 4.01. The van der Waals surface area contributed by atoms with Crippen LogP contribution in [0.3, 0.4) is 0 Å². The lowest BCUT2D eigenvalue weighted by Crippen LogP contribution is -1.97. The van der Waals surface area contributed by atoms with Crippen LogP contribution < -0.4 is 11.5 Å². The highest BCUT2D eigenvalue weighted by atomic mass is 32.1. The highest BCUT2D eigenvalue weighted by Gasteiger charge is 2.24. The van der Waals surface area contributed by atoms with Gasteiger partial charge in [0, 0.05) is 11.9 Å². The maximum absolute atomic E-state index is 6.03. The molecule has 3 rings (SSSR count). The van der Waals surface area contributed by atoms with E-state index in [9.17, 15) is 0 Å². The van der Waals surface area contributed by atoms with Crippen LogP contribution in [0.15, 0.2) is 0 Å². The Morgan fingerprint density at radius 1 is 1.31 bits per heavy atom. The molecule has 6 heteroatoms. The third-order valence-electron chi connectivity index (χ3n) is 2.97. The Kier molecular flexibility index (Phi) is 1.94. The standard InChI is InChI=1S/C10H13N5S/c1-15-10(12)13-9(14-15)7-5-3-2-4-6(5)16-8(7)11/h2-4,11H2,1H3,(H2,12,13,14). The molecule has 1 aliphatic carbocycles. The topological polar surface area (TPSA) is 82.8 Å². The molecule has 5 nitrogen and oxygen atoms in total. The van der Waals surface area contributed by atoms with Crippen molar-refractivity contribution in [1.29, 1.82) is 0 Å². The van der Waals surface area contributed by atoms with Crippen molar-refractivity contribution in [2.45, 2.75) is 19.3 Å². The summed E-state index contributed by atoms with van der Waals surface area (Å²) < 4.78 is 1.58. The van der Waals surface area contributed by atoms with Gasteiger partial charge in [-0.05, 0) is 24.8 Å². The van der Waals surface area contributed by atoms with E-state index in [4.69, 9.17) is 11.5 Å². The molecule has 2 aromatic heterocycles. The third kappa shape index (κ3) is 1.23. The van der Waals surface area contributed by atoms with Crippen LogP contribution in [0.5, 0.6) is 0 Å². The molecule has 0 spiro atoms. The summed E-state index contributed by atoms with van der Waals surface area (Å²) >= 11 is 1.66. The zero-order valence-electron chi connectivity index (χ0n) is 9.03. The lowest BCUT2D eigenvalue weighted by atomic mass is 10.1. The maximum Gasteiger partial charge on any atom is 0.218 e. The number of fused-ring (bicyclic) bond motifs is 1. The fraction of sp³-hybridized carbons (Fsp3) is 0.400. The summed E-state index contributed by atoms with van der Waals surface area (Å²) in [5.74, 6) is 1.09. The summed E-state index contributed by atoms with van der Waals surface area (Å²) in [5.41, 5.74) is 14.1. The fourth-order valence-electron chi connectivity index (χ4n) is 2.17. The van der Waals surface area contributed by atoms with Crippen LogP contribution in [0.2, 0.25) is 0 Å². The van der Waals surface area contributed by atoms with Crippen molar-refractivity contribution >= 4 is 22.3 Å². The van der Waals surface area contributed by atoms with E-state index >= 15 is 0 Å². The smallest absolute Gasteiger partial charge is 0.218 e. The Morgan fingerprint density at radius 3 is 2.81 bits per heavy atom. The Morgan fingerprint density at radius 2 is 2.12 bits per heavy atom. The normalized spacial score (nSPS) is 14.3. The number of nitrogens with zero attached hydrogens (tertiary/aromatic N) is 3. The van der Waals surface area contributed by atoms with Gasteiger partial charge in [-0.15, -0.1) is 16.4 Å². The quantitative estimate of drug-likeness (QED) is 0.778. The zero-order chi connectivity index (χ0) is 11.3.